The van der Waals surface area contributed by atoms with E-state index in [1.54, 1.807) is 24.3 Å². The predicted octanol–water partition coefficient (Wildman–Crippen LogP) is 2.46. The second-order valence-electron chi connectivity index (χ2n) is 7.55. The second-order valence-corrected chi connectivity index (χ2v) is 7.55. The summed E-state index contributed by atoms with van der Waals surface area (Å²) < 4.78 is 0. The average molecular weight is 407 g/mol. The molecule has 1 N–H and O–H groups in total. The second kappa shape index (κ2) is 9.35. The van der Waals surface area contributed by atoms with Crippen molar-refractivity contribution in [3.05, 3.63) is 71.3 Å². The van der Waals surface area contributed by atoms with Crippen LogP contribution < -0.4 is 5.32 Å². The van der Waals surface area contributed by atoms with Gasteiger partial charge in [0.05, 0.1) is 6.54 Å². The Morgan fingerprint density at radius 3 is 2.13 bits per heavy atom. The summed E-state index contributed by atoms with van der Waals surface area (Å²) in [5.74, 6) is -1.92. The largest absolute Gasteiger partial charge is 0.354 e. The molecule has 0 aliphatic carbocycles. The number of carbonyl (C=O) groups is 4. The molecule has 0 aromatic heterocycles. The summed E-state index contributed by atoms with van der Waals surface area (Å²) >= 11 is 0. The Morgan fingerprint density at radius 2 is 1.50 bits per heavy atom. The monoisotopic (exact) mass is 407 g/mol. The third kappa shape index (κ3) is 4.92. The van der Waals surface area contributed by atoms with E-state index in [1.165, 1.54) is 5.56 Å². The van der Waals surface area contributed by atoms with Crippen LogP contribution >= 0.6 is 0 Å². The molecule has 0 saturated carbocycles. The van der Waals surface area contributed by atoms with Crippen LogP contribution in [0.3, 0.4) is 0 Å². The first kappa shape index (κ1) is 21.2. The lowest BCUT2D eigenvalue weighted by Crippen LogP contribution is -2.41. The number of nitrogens with one attached hydrogen (secondary N) is 1. The van der Waals surface area contributed by atoms with Crippen LogP contribution in [0, 0.1) is 0 Å². The number of amides is 5. The van der Waals surface area contributed by atoms with Gasteiger partial charge in [-0.15, -0.1) is 0 Å². The molecule has 1 heterocycles. The summed E-state index contributed by atoms with van der Waals surface area (Å²) in [6, 6.07) is 16.3. The Morgan fingerprint density at radius 1 is 0.867 bits per heavy atom. The highest BCUT2D eigenvalue weighted by Gasteiger charge is 2.45. The molecule has 0 unspecified atom stereocenters. The smallest absolute Gasteiger partial charge is 0.335 e. The number of benzene rings is 2. The number of nitrogens with zero attached hydrogens (tertiary/aromatic N) is 2. The standard InChI is InChI=1S/C23H25N3O4/c1-16(2)19-10-8-17(9-11-19)12-13-24-20(27)15-26-22(29)21(28)25(23(26)30)14-18-6-4-3-5-7-18/h3-11,16H,12-15H2,1-2H3,(H,24,27). The lowest BCUT2D eigenvalue weighted by molar-refractivity contribution is -0.144. The molecule has 1 aliphatic rings. The van der Waals surface area contributed by atoms with Gasteiger partial charge in [-0.3, -0.25) is 19.3 Å². The van der Waals surface area contributed by atoms with Crippen molar-refractivity contribution in [1.82, 2.24) is 15.1 Å². The van der Waals surface area contributed by atoms with Crippen molar-refractivity contribution < 1.29 is 19.2 Å². The molecule has 30 heavy (non-hydrogen) atoms. The molecule has 5 amide bonds. The minimum Gasteiger partial charge on any atom is -0.354 e. The van der Waals surface area contributed by atoms with E-state index in [0.717, 1.165) is 16.0 Å². The highest BCUT2D eigenvalue weighted by molar-refractivity contribution is 6.44. The normalized spacial score (nSPS) is 14.0. The van der Waals surface area contributed by atoms with E-state index in [1.807, 2.05) is 18.2 Å². The van der Waals surface area contributed by atoms with Gasteiger partial charge in [0.15, 0.2) is 0 Å². The van der Waals surface area contributed by atoms with E-state index >= 15 is 0 Å². The minimum atomic E-state index is -0.977. The summed E-state index contributed by atoms with van der Waals surface area (Å²) in [4.78, 5) is 50.6. The van der Waals surface area contributed by atoms with E-state index in [0.29, 0.717) is 23.8 Å². The van der Waals surface area contributed by atoms with Crippen LogP contribution in [0.5, 0.6) is 0 Å². The van der Waals surface area contributed by atoms with E-state index in [9.17, 15) is 19.2 Å². The fourth-order valence-electron chi connectivity index (χ4n) is 3.21. The molecule has 156 valence electrons. The van der Waals surface area contributed by atoms with Crippen molar-refractivity contribution >= 4 is 23.8 Å². The Bertz CT molecular complexity index is 939. The van der Waals surface area contributed by atoms with Crippen molar-refractivity contribution in [1.29, 1.82) is 0 Å². The van der Waals surface area contributed by atoms with Crippen molar-refractivity contribution in [3.63, 3.8) is 0 Å². The van der Waals surface area contributed by atoms with Crippen LogP contribution in [0.25, 0.3) is 0 Å². The molecule has 7 heteroatoms. The molecule has 0 spiro atoms. The molecule has 2 aromatic carbocycles. The number of hydrogen-bond donors (Lipinski definition) is 1. The average Bonchev–Trinajstić information content (AvgIpc) is 2.93. The van der Waals surface area contributed by atoms with E-state index in [4.69, 9.17) is 0 Å². The van der Waals surface area contributed by atoms with Crippen molar-refractivity contribution in [2.45, 2.75) is 32.7 Å². The Kier molecular flexibility index (Phi) is 6.61. The summed E-state index contributed by atoms with van der Waals surface area (Å²) in [5, 5.41) is 2.70. The molecule has 1 aliphatic heterocycles. The zero-order chi connectivity index (χ0) is 21.7. The lowest BCUT2D eigenvalue weighted by atomic mass is 10.0. The summed E-state index contributed by atoms with van der Waals surface area (Å²) in [7, 11) is 0. The first-order valence-corrected chi connectivity index (χ1v) is 9.93. The van der Waals surface area contributed by atoms with Gasteiger partial charge in [0.1, 0.15) is 6.54 Å². The first-order chi connectivity index (χ1) is 14.4. The number of hydrogen-bond acceptors (Lipinski definition) is 4. The maximum atomic E-state index is 12.5. The lowest BCUT2D eigenvalue weighted by Gasteiger charge is -2.15. The van der Waals surface area contributed by atoms with Crippen LogP contribution in [0.1, 0.15) is 36.5 Å². The van der Waals surface area contributed by atoms with Crippen LogP contribution in [-0.2, 0) is 27.3 Å². The van der Waals surface area contributed by atoms with E-state index < -0.39 is 30.3 Å². The maximum absolute atomic E-state index is 12.5. The van der Waals surface area contributed by atoms with Gasteiger partial charge in [0.25, 0.3) is 0 Å². The maximum Gasteiger partial charge on any atom is 0.335 e. The van der Waals surface area contributed by atoms with Gasteiger partial charge in [0.2, 0.25) is 5.91 Å². The summed E-state index contributed by atoms with van der Waals surface area (Å²) in [6.45, 7) is 4.15. The number of rotatable bonds is 8. The summed E-state index contributed by atoms with van der Waals surface area (Å²) in [6.07, 6.45) is 0.630. The third-order valence-corrected chi connectivity index (χ3v) is 5.00. The highest BCUT2D eigenvalue weighted by Crippen LogP contribution is 2.16. The van der Waals surface area contributed by atoms with E-state index in [-0.39, 0.29) is 6.54 Å². The van der Waals surface area contributed by atoms with Gasteiger partial charge in [-0.05, 0) is 29.0 Å². The van der Waals surface area contributed by atoms with Crippen molar-refractivity contribution in [2.24, 2.45) is 0 Å². The minimum absolute atomic E-state index is 0.00522. The topological polar surface area (TPSA) is 86.8 Å². The van der Waals surface area contributed by atoms with Gasteiger partial charge >= 0.3 is 17.8 Å². The first-order valence-electron chi connectivity index (χ1n) is 9.93. The summed E-state index contributed by atoms with van der Waals surface area (Å²) in [5.41, 5.74) is 3.05. The van der Waals surface area contributed by atoms with Crippen LogP contribution in [0.15, 0.2) is 54.6 Å². The molecule has 0 bridgehead atoms. The van der Waals surface area contributed by atoms with Crippen LogP contribution in [-0.4, -0.2) is 46.6 Å². The Balaban J connectivity index is 1.51. The number of imide groups is 2. The zero-order valence-corrected chi connectivity index (χ0v) is 17.1. The fourth-order valence-corrected chi connectivity index (χ4v) is 3.21. The molecule has 1 fully saturated rings. The van der Waals surface area contributed by atoms with Crippen molar-refractivity contribution in [2.75, 3.05) is 13.1 Å². The zero-order valence-electron chi connectivity index (χ0n) is 17.1. The SMILES string of the molecule is CC(C)c1ccc(CCNC(=O)CN2C(=O)C(=O)N(Cc3ccccc3)C2=O)cc1. The van der Waals surface area contributed by atoms with Crippen molar-refractivity contribution in [3.8, 4) is 0 Å². The predicted molar refractivity (Wildman–Crippen MR) is 111 cm³/mol. The third-order valence-electron chi connectivity index (χ3n) is 5.00. The molecule has 0 radical (unpaired) electrons. The molecule has 3 rings (SSSR count). The molecule has 0 atom stereocenters. The number of carbonyl (C=O) groups excluding carboxylic acids is 4. The van der Waals surface area contributed by atoms with Gasteiger partial charge in [-0.2, -0.15) is 0 Å². The van der Waals surface area contributed by atoms with Gasteiger partial charge in [-0.1, -0.05) is 68.4 Å². The molecule has 2 aromatic rings. The van der Waals surface area contributed by atoms with Crippen LogP contribution in [0.2, 0.25) is 0 Å². The number of urea groups is 1. The Labute approximate surface area is 175 Å². The molecule has 7 nitrogen and oxygen atoms in total. The molecular weight excluding hydrogens is 382 g/mol. The van der Waals surface area contributed by atoms with Gasteiger partial charge in [-0.25, -0.2) is 9.69 Å². The quantitative estimate of drug-likeness (QED) is 0.538. The Hall–Kier alpha value is -3.48. The highest BCUT2D eigenvalue weighted by atomic mass is 16.2. The van der Waals surface area contributed by atoms with E-state index in [2.05, 4.69) is 31.3 Å². The molecule has 1 saturated heterocycles. The fraction of sp³-hybridized carbons (Fsp3) is 0.304. The van der Waals surface area contributed by atoms with Gasteiger partial charge in [0, 0.05) is 6.54 Å². The van der Waals surface area contributed by atoms with Crippen LogP contribution in [0.4, 0.5) is 4.79 Å². The molecular formula is C23H25N3O4. The van der Waals surface area contributed by atoms with Gasteiger partial charge < -0.3 is 5.32 Å².